The molecule has 6 nitrogen and oxygen atoms in total. The lowest BCUT2D eigenvalue weighted by Crippen LogP contribution is -2.05. The Balaban J connectivity index is 2.00. The molecule has 1 aromatic rings. The second kappa shape index (κ2) is 9.24. The lowest BCUT2D eigenvalue weighted by Gasteiger charge is -2.07. The Hall–Kier alpha value is -3.54. The molecule has 0 aromatic heterocycles. The van der Waals surface area contributed by atoms with Gasteiger partial charge in [0, 0.05) is 12.5 Å². The van der Waals surface area contributed by atoms with E-state index >= 15 is 0 Å². The van der Waals surface area contributed by atoms with E-state index in [0.29, 0.717) is 16.9 Å². The summed E-state index contributed by atoms with van der Waals surface area (Å²) in [5, 5.41) is 19.4. The second-order valence-corrected chi connectivity index (χ2v) is 5.62. The first-order chi connectivity index (χ1) is 12.9. The summed E-state index contributed by atoms with van der Waals surface area (Å²) in [6, 6.07) is 4.72. The number of hydrogen-bond donors (Lipinski definition) is 2. The van der Waals surface area contributed by atoms with Gasteiger partial charge in [0.15, 0.2) is 23.0 Å². The lowest BCUT2D eigenvalue weighted by atomic mass is 10.1. The second-order valence-electron chi connectivity index (χ2n) is 5.62. The van der Waals surface area contributed by atoms with Crippen LogP contribution in [-0.4, -0.2) is 36.0 Å². The van der Waals surface area contributed by atoms with Crippen LogP contribution < -0.4 is 4.74 Å². The molecule has 0 atom stereocenters. The molecule has 2 N–H and O–H groups in total. The van der Waals surface area contributed by atoms with Crippen LogP contribution in [0.5, 0.6) is 11.5 Å². The molecule has 1 aromatic carbocycles. The normalized spacial score (nSPS) is 15.9. The molecule has 0 fully saturated rings. The lowest BCUT2D eigenvalue weighted by molar-refractivity contribution is -0.114. The maximum Gasteiger partial charge on any atom is 0.220 e. The van der Waals surface area contributed by atoms with Crippen molar-refractivity contribution in [3.05, 3.63) is 77.3 Å². The van der Waals surface area contributed by atoms with Crippen LogP contribution in [0.4, 0.5) is 0 Å². The highest BCUT2D eigenvalue weighted by molar-refractivity contribution is 6.04. The Labute approximate surface area is 157 Å². The van der Waals surface area contributed by atoms with Gasteiger partial charge in [-0.25, -0.2) is 0 Å². The number of ether oxygens (including phenoxy) is 2. The number of aromatic hydroxyl groups is 1. The number of carbonyl (C=O) groups is 2. The largest absolute Gasteiger partial charge is 0.508 e. The number of hydrogen-bond acceptors (Lipinski definition) is 6. The molecule has 0 radical (unpaired) electrons. The molecular weight excluding hydrogens is 348 g/mol. The van der Waals surface area contributed by atoms with Gasteiger partial charge in [-0.3, -0.25) is 9.59 Å². The zero-order valence-electron chi connectivity index (χ0n) is 15.0. The first kappa shape index (κ1) is 19.8. The van der Waals surface area contributed by atoms with E-state index < -0.39 is 0 Å². The Bertz CT molecular complexity index is 884. The van der Waals surface area contributed by atoms with Crippen LogP contribution in [0.2, 0.25) is 0 Å². The van der Waals surface area contributed by atoms with Crippen LogP contribution in [-0.2, 0) is 14.3 Å². The van der Waals surface area contributed by atoms with E-state index in [1.807, 2.05) is 0 Å². The van der Waals surface area contributed by atoms with Crippen molar-refractivity contribution in [1.29, 1.82) is 0 Å². The standard InChI is InChI=1S/C21H20O6/c1-26-20-11-14(5-9-18(20)24)3-7-16(22)13-17(23)8-4-15-6-10-19(25)21(12-15)27-2/h3-7,9-13,22,24H,8H2,1-2H3/b7-3+,15-4+,16-13-. The predicted molar refractivity (Wildman–Crippen MR) is 101 cm³/mol. The van der Waals surface area contributed by atoms with Crippen molar-refractivity contribution in [3.8, 4) is 11.5 Å². The van der Waals surface area contributed by atoms with Gasteiger partial charge in [0.1, 0.15) is 5.76 Å². The zero-order chi connectivity index (χ0) is 19.8. The Morgan fingerprint density at radius 3 is 2.67 bits per heavy atom. The molecule has 0 amide bonds. The summed E-state index contributed by atoms with van der Waals surface area (Å²) >= 11 is 0. The number of aliphatic hydroxyl groups is 1. The number of phenolic OH excluding ortho intramolecular Hbond substituents is 1. The predicted octanol–water partition coefficient (Wildman–Crippen LogP) is 3.41. The van der Waals surface area contributed by atoms with E-state index in [0.717, 1.165) is 6.08 Å². The van der Waals surface area contributed by atoms with Crippen molar-refractivity contribution in [2.75, 3.05) is 14.2 Å². The molecule has 27 heavy (non-hydrogen) atoms. The molecule has 2 rings (SSSR count). The molecule has 0 saturated heterocycles. The van der Waals surface area contributed by atoms with Crippen LogP contribution >= 0.6 is 0 Å². The molecule has 6 heteroatoms. The number of rotatable bonds is 7. The van der Waals surface area contributed by atoms with Gasteiger partial charge in [0.25, 0.3) is 0 Å². The van der Waals surface area contributed by atoms with Gasteiger partial charge in [0.2, 0.25) is 5.78 Å². The van der Waals surface area contributed by atoms with E-state index in [1.54, 1.807) is 36.4 Å². The van der Waals surface area contributed by atoms with E-state index in [2.05, 4.69) is 0 Å². The van der Waals surface area contributed by atoms with Crippen molar-refractivity contribution in [2.45, 2.75) is 6.42 Å². The summed E-state index contributed by atoms with van der Waals surface area (Å²) in [4.78, 5) is 23.4. The van der Waals surface area contributed by atoms with Gasteiger partial charge < -0.3 is 19.7 Å². The summed E-state index contributed by atoms with van der Waals surface area (Å²) < 4.78 is 9.96. The quantitative estimate of drug-likeness (QED) is 0.435. The molecule has 0 aliphatic heterocycles. The van der Waals surface area contributed by atoms with Crippen molar-refractivity contribution < 1.29 is 29.3 Å². The van der Waals surface area contributed by atoms with Crippen molar-refractivity contribution in [2.24, 2.45) is 0 Å². The number of methoxy groups -OCH3 is 2. The fourth-order valence-corrected chi connectivity index (χ4v) is 2.28. The summed E-state index contributed by atoms with van der Waals surface area (Å²) in [6.45, 7) is 0. The molecule has 0 spiro atoms. The monoisotopic (exact) mass is 368 g/mol. The number of aliphatic hydroxyl groups excluding tert-OH is 1. The first-order valence-electron chi connectivity index (χ1n) is 8.09. The summed E-state index contributed by atoms with van der Waals surface area (Å²) in [5.74, 6) is -0.192. The minimum Gasteiger partial charge on any atom is -0.508 e. The van der Waals surface area contributed by atoms with Gasteiger partial charge >= 0.3 is 0 Å². The van der Waals surface area contributed by atoms with E-state index in [9.17, 15) is 19.8 Å². The summed E-state index contributed by atoms with van der Waals surface area (Å²) in [6.07, 6.45) is 10.3. The van der Waals surface area contributed by atoms with Crippen LogP contribution in [0.15, 0.2) is 71.7 Å². The third kappa shape index (κ3) is 5.74. The molecule has 0 bridgehead atoms. The van der Waals surface area contributed by atoms with Crippen LogP contribution in [0.3, 0.4) is 0 Å². The van der Waals surface area contributed by atoms with Crippen molar-refractivity contribution in [3.63, 3.8) is 0 Å². The van der Waals surface area contributed by atoms with E-state index in [-0.39, 0.29) is 35.3 Å². The highest BCUT2D eigenvalue weighted by Gasteiger charge is 2.11. The van der Waals surface area contributed by atoms with E-state index in [1.165, 1.54) is 32.4 Å². The molecule has 0 saturated carbocycles. The maximum absolute atomic E-state index is 12.0. The third-order valence-electron chi connectivity index (χ3n) is 3.69. The molecule has 1 aliphatic carbocycles. The minimum absolute atomic E-state index is 0.0155. The van der Waals surface area contributed by atoms with Crippen LogP contribution in [0.25, 0.3) is 6.08 Å². The van der Waals surface area contributed by atoms with Gasteiger partial charge in [-0.2, -0.15) is 0 Å². The van der Waals surface area contributed by atoms with Gasteiger partial charge in [-0.05, 0) is 41.5 Å². The Morgan fingerprint density at radius 1 is 1.19 bits per heavy atom. The van der Waals surface area contributed by atoms with Crippen LogP contribution in [0.1, 0.15) is 12.0 Å². The fraction of sp³-hybridized carbons (Fsp3) is 0.143. The summed E-state index contributed by atoms with van der Waals surface area (Å²) in [7, 11) is 2.84. The highest BCUT2D eigenvalue weighted by Crippen LogP contribution is 2.26. The minimum atomic E-state index is -0.300. The number of benzene rings is 1. The average Bonchev–Trinajstić information content (AvgIpc) is 2.66. The molecule has 1 aliphatic rings. The Morgan fingerprint density at radius 2 is 1.96 bits per heavy atom. The van der Waals surface area contributed by atoms with E-state index in [4.69, 9.17) is 9.47 Å². The SMILES string of the molecule is COC1=C/C(=C/CC(=O)/C=C(O)/C=C/c2ccc(O)c(OC)c2)C=CC1=O. The smallest absolute Gasteiger partial charge is 0.220 e. The zero-order valence-corrected chi connectivity index (χ0v) is 15.0. The maximum atomic E-state index is 12.0. The average molecular weight is 368 g/mol. The molecule has 140 valence electrons. The molecule has 0 unspecified atom stereocenters. The highest BCUT2D eigenvalue weighted by atomic mass is 16.5. The topological polar surface area (TPSA) is 93.1 Å². The number of ketones is 2. The van der Waals surface area contributed by atoms with Crippen molar-refractivity contribution >= 4 is 17.6 Å². The first-order valence-corrected chi connectivity index (χ1v) is 8.09. The number of allylic oxidation sites excluding steroid dienone is 7. The van der Waals surface area contributed by atoms with Gasteiger partial charge in [-0.1, -0.05) is 24.3 Å². The Kier molecular flexibility index (Phi) is 6.77. The fourth-order valence-electron chi connectivity index (χ4n) is 2.28. The van der Waals surface area contributed by atoms with Gasteiger partial charge in [0.05, 0.1) is 14.2 Å². The van der Waals surface area contributed by atoms with Crippen LogP contribution in [0, 0.1) is 0 Å². The third-order valence-corrected chi connectivity index (χ3v) is 3.69. The molecular formula is C21H20O6. The number of carbonyl (C=O) groups excluding carboxylic acids is 2. The summed E-state index contributed by atoms with van der Waals surface area (Å²) in [5.41, 5.74) is 1.37. The molecule has 0 heterocycles. The van der Waals surface area contributed by atoms with Crippen molar-refractivity contribution in [1.82, 2.24) is 0 Å². The van der Waals surface area contributed by atoms with Gasteiger partial charge in [-0.15, -0.1) is 0 Å². The number of phenols is 1.